The Morgan fingerprint density at radius 1 is 0.929 bits per heavy atom. The minimum atomic E-state index is -0.407. The van der Waals surface area contributed by atoms with Crippen LogP contribution in [0.25, 0.3) is 0 Å². The SMILES string of the molecule is CC(C)[CH2][Al]([CH2]C(C)C)[CH2]C(C)C.CC1=[C-]C(C)(C)C(C)=C1C.[CH3][AlH][O][AlH2].[Ti]. The third-order valence-corrected chi connectivity index (χ3v) is 12.4. The summed E-state index contributed by atoms with van der Waals surface area (Å²) in [5, 5.41) is 4.66. The van der Waals surface area contributed by atoms with Gasteiger partial charge in [0.1, 0.15) is 0 Å². The van der Waals surface area contributed by atoms with Crippen LogP contribution in [-0.4, -0.2) is 46.3 Å². The van der Waals surface area contributed by atoms with Crippen LogP contribution in [0.2, 0.25) is 21.6 Å². The van der Waals surface area contributed by atoms with Crippen molar-refractivity contribution in [2.24, 2.45) is 23.2 Å². The largest absolute Gasteiger partial charge is 0.645 e. The minimum Gasteiger partial charge on any atom is -0.645 e. The first-order valence-corrected chi connectivity index (χ1v) is 16.3. The number of allylic oxidation sites excluding steroid dienone is 4. The summed E-state index contributed by atoms with van der Waals surface area (Å²) in [5.74, 6) is 4.91. The predicted molar refractivity (Wildman–Crippen MR) is 132 cm³/mol. The van der Waals surface area contributed by atoms with Gasteiger partial charge in [-0.3, -0.25) is 6.08 Å². The van der Waals surface area contributed by atoms with Gasteiger partial charge in [0.15, 0.2) is 0 Å². The van der Waals surface area contributed by atoms with Gasteiger partial charge in [-0.2, -0.15) is 11.1 Å². The van der Waals surface area contributed by atoms with Gasteiger partial charge in [-0.1, -0.05) is 114 Å². The van der Waals surface area contributed by atoms with E-state index in [0.29, 0.717) is 0 Å². The average molecular weight is 469 g/mol. The molecule has 0 radical (unpaired) electrons. The number of rotatable bonds is 7. The Balaban J connectivity index is -0.000000370. The first-order valence-electron chi connectivity index (χ1n) is 11.1. The molecule has 0 fully saturated rings. The molecule has 1 nitrogen and oxygen atoms in total. The van der Waals surface area contributed by atoms with E-state index in [2.05, 4.69) is 88.0 Å². The van der Waals surface area contributed by atoms with Crippen molar-refractivity contribution < 1.29 is 24.6 Å². The van der Waals surface area contributed by atoms with Gasteiger partial charge in [0.2, 0.25) is 0 Å². The molecule has 1 aliphatic rings. The third-order valence-electron chi connectivity index (χ3n) is 5.27. The zero-order valence-corrected chi connectivity index (χ0v) is 27.7. The Kier molecular flexibility index (Phi) is 22.5. The van der Waals surface area contributed by atoms with Crippen molar-refractivity contribution in [1.82, 2.24) is 0 Å². The maximum absolute atomic E-state index is 4.82. The molecule has 0 spiro atoms. The second kappa shape index (κ2) is 18.3. The molecule has 0 bridgehead atoms. The monoisotopic (exact) mass is 469 g/mol. The Hall–Kier alpha value is 1.75. The Bertz CT molecular complexity index is 429. The molecule has 0 saturated heterocycles. The van der Waals surface area contributed by atoms with E-state index in [9.17, 15) is 0 Å². The van der Waals surface area contributed by atoms with Gasteiger partial charge in [-0.15, -0.1) is 6.92 Å². The summed E-state index contributed by atoms with van der Waals surface area (Å²) in [5.41, 5.74) is 4.39. The maximum Gasteiger partial charge on any atom is 0.401 e. The fraction of sp³-hybridized carbons (Fsp3) is 0.826. The molecule has 0 heterocycles. The van der Waals surface area contributed by atoms with E-state index in [1.54, 1.807) is 15.8 Å². The van der Waals surface area contributed by atoms with Crippen molar-refractivity contribution in [3.8, 4) is 0 Å². The molecule has 0 aromatic heterocycles. The molecule has 0 atom stereocenters. The van der Waals surface area contributed by atoms with Crippen LogP contribution in [0.5, 0.6) is 0 Å². The normalized spacial score (nSPS) is 14.8. The molecule has 0 saturated carbocycles. The van der Waals surface area contributed by atoms with Crippen LogP contribution >= 0.6 is 0 Å². The van der Waals surface area contributed by atoms with Crippen LogP contribution in [0.4, 0.5) is 0 Å². The van der Waals surface area contributed by atoms with E-state index in [1.165, 1.54) is 16.7 Å². The summed E-state index contributed by atoms with van der Waals surface area (Å²) in [6.45, 7) is 25.2. The molecule has 0 aromatic carbocycles. The van der Waals surface area contributed by atoms with Crippen LogP contribution in [0.3, 0.4) is 0 Å². The number of hydrogen-bond acceptors (Lipinski definition) is 1. The van der Waals surface area contributed by atoms with E-state index in [1.807, 2.05) is 0 Å². The van der Waals surface area contributed by atoms with Gasteiger partial charge in [0, 0.05) is 21.7 Å². The fourth-order valence-corrected chi connectivity index (χ4v) is 8.27. The van der Waals surface area contributed by atoms with Crippen molar-refractivity contribution >= 4 is 46.3 Å². The molecule has 5 heteroatoms. The molecule has 1 aliphatic carbocycles. The number of hydrogen-bond donors (Lipinski definition) is 0. The van der Waals surface area contributed by atoms with Crippen LogP contribution in [0, 0.1) is 29.2 Å². The third kappa shape index (κ3) is 17.4. The molecule has 1 rings (SSSR count). The van der Waals surface area contributed by atoms with E-state index >= 15 is 0 Å². The van der Waals surface area contributed by atoms with Crippen LogP contribution in [0.15, 0.2) is 16.7 Å². The van der Waals surface area contributed by atoms with E-state index < -0.39 is 14.1 Å². The van der Waals surface area contributed by atoms with Crippen LogP contribution < -0.4 is 0 Å². The summed E-state index contributed by atoms with van der Waals surface area (Å²) in [6, 6.07) is 0. The summed E-state index contributed by atoms with van der Waals surface area (Å²) in [4.78, 5) is 0. The molecule has 0 aliphatic heterocycles. The molecular weight excluding hydrogens is 421 g/mol. The van der Waals surface area contributed by atoms with Crippen LogP contribution in [-0.2, 0) is 24.6 Å². The predicted octanol–water partition coefficient (Wildman–Crippen LogP) is 6.51. The molecule has 160 valence electrons. The first kappa shape index (κ1) is 34.4. The van der Waals surface area contributed by atoms with Gasteiger partial charge in [-0.25, -0.2) is 5.57 Å². The average Bonchev–Trinajstić information content (AvgIpc) is 2.68. The molecule has 0 unspecified atom stereocenters. The van der Waals surface area contributed by atoms with Gasteiger partial charge < -0.3 is 2.84 Å². The fourth-order valence-electron chi connectivity index (χ4n) is 3.69. The van der Waals surface area contributed by atoms with Crippen molar-refractivity contribution in [1.29, 1.82) is 0 Å². The van der Waals surface area contributed by atoms with E-state index in [0.717, 1.165) is 34.4 Å². The zero-order chi connectivity index (χ0) is 21.8. The maximum atomic E-state index is 4.82. The summed E-state index contributed by atoms with van der Waals surface area (Å²) in [6.07, 6.45) is 3.44. The van der Waals surface area contributed by atoms with Gasteiger partial charge in [0.25, 0.3) is 14.1 Å². The standard InChI is InChI=1S/C10H15.3C4H9.CH3.3Al.O.Ti.3H/c1-7-6-10(4,5)9(3)8(7)2;3*1-4(2)3;;;;;;;;;/h1-5H3;3*4H,1H2,2-3H3;1H3;;;;;;;;/q-1;;;;;;;;;;;;. The summed E-state index contributed by atoms with van der Waals surface area (Å²) >= 11 is 0.530. The second-order valence-corrected chi connectivity index (χ2v) is 16.0. The molecular formula is C23H48Al3OTi-. The molecule has 0 N–H and O–H groups in total. The Morgan fingerprint density at radius 3 is 1.36 bits per heavy atom. The van der Waals surface area contributed by atoms with Crippen molar-refractivity contribution in [2.45, 2.75) is 97.8 Å². The Morgan fingerprint density at radius 2 is 1.25 bits per heavy atom. The zero-order valence-electron chi connectivity index (χ0n) is 21.5. The molecule has 28 heavy (non-hydrogen) atoms. The minimum absolute atomic E-state index is 0. The van der Waals surface area contributed by atoms with Crippen molar-refractivity contribution in [3.63, 3.8) is 0 Å². The quantitative estimate of drug-likeness (QED) is 0.305. The van der Waals surface area contributed by atoms with Crippen LogP contribution in [0.1, 0.15) is 76.2 Å². The second-order valence-electron chi connectivity index (χ2n) is 9.96. The molecule has 0 amide bonds. The van der Waals surface area contributed by atoms with Gasteiger partial charge >= 0.3 is 32.2 Å². The topological polar surface area (TPSA) is 9.23 Å². The van der Waals surface area contributed by atoms with E-state index in [4.69, 9.17) is 2.84 Å². The van der Waals surface area contributed by atoms with Crippen molar-refractivity contribution in [3.05, 3.63) is 22.8 Å². The van der Waals surface area contributed by atoms with E-state index in [-0.39, 0.29) is 42.7 Å². The summed E-state index contributed by atoms with van der Waals surface area (Å²) < 4.78 is 4.82. The van der Waals surface area contributed by atoms with Gasteiger partial charge in [-0.05, 0) is 0 Å². The van der Waals surface area contributed by atoms with Gasteiger partial charge in [0.05, 0.1) is 0 Å². The summed E-state index contributed by atoms with van der Waals surface area (Å²) in [7, 11) is 0. The smallest absolute Gasteiger partial charge is 0.401 e. The Labute approximate surface area is 213 Å². The first-order chi connectivity index (χ1) is 12.3. The molecule has 0 aromatic rings. The van der Waals surface area contributed by atoms with Crippen molar-refractivity contribution in [2.75, 3.05) is 0 Å².